The van der Waals surface area contributed by atoms with Gasteiger partial charge in [0, 0.05) is 17.1 Å². The van der Waals surface area contributed by atoms with Crippen molar-refractivity contribution < 1.29 is 9.59 Å². The average molecular weight is 337 g/mol. The van der Waals surface area contributed by atoms with E-state index < -0.39 is 11.7 Å². The van der Waals surface area contributed by atoms with Gasteiger partial charge in [-0.3, -0.25) is 19.4 Å². The zero-order chi connectivity index (χ0) is 14.3. The fourth-order valence-corrected chi connectivity index (χ4v) is 3.32. The third kappa shape index (κ3) is 2.29. The van der Waals surface area contributed by atoms with Gasteiger partial charge in [0.15, 0.2) is 0 Å². The van der Waals surface area contributed by atoms with Gasteiger partial charge in [-0.15, -0.1) is 0 Å². The van der Waals surface area contributed by atoms with Crippen LogP contribution in [0.5, 0.6) is 0 Å². The van der Waals surface area contributed by atoms with Crippen molar-refractivity contribution in [3.8, 4) is 0 Å². The number of halogens is 1. The number of nitrogens with zero attached hydrogens (tertiary/aromatic N) is 2. The molecule has 0 aliphatic carbocycles. The third-order valence-electron chi connectivity index (χ3n) is 4.20. The number of rotatable bonds is 2. The first-order valence-electron chi connectivity index (χ1n) is 6.97. The summed E-state index contributed by atoms with van der Waals surface area (Å²) < 4.78 is 0.825. The lowest BCUT2D eigenvalue weighted by molar-refractivity contribution is -0.114. The molecule has 2 aliphatic heterocycles. The fourth-order valence-electron chi connectivity index (χ4n) is 2.96. The van der Waals surface area contributed by atoms with E-state index in [1.54, 1.807) is 11.0 Å². The third-order valence-corrected chi connectivity index (χ3v) is 4.69. The monoisotopic (exact) mass is 336 g/mol. The Morgan fingerprint density at radius 2 is 2.10 bits per heavy atom. The summed E-state index contributed by atoms with van der Waals surface area (Å²) in [6.07, 6.45) is 3.56. The number of ketones is 1. The number of hydrogen-bond acceptors (Lipinski definition) is 3. The van der Waals surface area contributed by atoms with Gasteiger partial charge in [0.05, 0.1) is 17.9 Å². The molecule has 1 aromatic rings. The molecule has 0 radical (unpaired) electrons. The van der Waals surface area contributed by atoms with Crippen LogP contribution in [0.2, 0.25) is 0 Å². The minimum Gasteiger partial charge on any atom is -0.291 e. The van der Waals surface area contributed by atoms with Crippen LogP contribution in [0.25, 0.3) is 0 Å². The topological polar surface area (TPSA) is 40.6 Å². The maximum Gasteiger partial charge on any atom is 0.300 e. The Kier molecular flexibility index (Phi) is 3.65. The van der Waals surface area contributed by atoms with Gasteiger partial charge < -0.3 is 0 Å². The molecule has 1 saturated heterocycles. The van der Waals surface area contributed by atoms with Crippen molar-refractivity contribution in [3.63, 3.8) is 0 Å². The molecule has 0 spiro atoms. The summed E-state index contributed by atoms with van der Waals surface area (Å²) in [6.45, 7) is 3.69. The molecule has 2 heterocycles. The molecule has 1 fully saturated rings. The minimum atomic E-state index is -0.407. The Morgan fingerprint density at radius 1 is 1.30 bits per heavy atom. The molecule has 0 saturated carbocycles. The van der Waals surface area contributed by atoms with Gasteiger partial charge in [-0.05, 0) is 38.0 Å². The van der Waals surface area contributed by atoms with Crippen LogP contribution in [0.3, 0.4) is 0 Å². The Hall–Kier alpha value is -1.20. The van der Waals surface area contributed by atoms with Crippen LogP contribution in [0.15, 0.2) is 22.7 Å². The highest BCUT2D eigenvalue weighted by Gasteiger charge is 2.37. The number of carbonyl (C=O) groups is 2. The first-order valence-corrected chi connectivity index (χ1v) is 7.77. The normalized spacial score (nSPS) is 23.3. The molecular formula is C15H17BrN2O2. The van der Waals surface area contributed by atoms with E-state index in [1.165, 1.54) is 6.42 Å². The van der Waals surface area contributed by atoms with Crippen molar-refractivity contribution in [3.05, 3.63) is 28.2 Å². The summed E-state index contributed by atoms with van der Waals surface area (Å²) in [4.78, 5) is 28.1. The first kappa shape index (κ1) is 13.8. The summed E-state index contributed by atoms with van der Waals surface area (Å²) in [7, 11) is 0. The number of likely N-dealkylation sites (tertiary alicyclic amines) is 1. The van der Waals surface area contributed by atoms with Crippen molar-refractivity contribution in [2.75, 3.05) is 18.1 Å². The van der Waals surface area contributed by atoms with E-state index in [2.05, 4.69) is 27.8 Å². The number of fused-ring (bicyclic) bond motifs is 1. The average Bonchev–Trinajstić information content (AvgIpc) is 2.66. The van der Waals surface area contributed by atoms with E-state index in [4.69, 9.17) is 0 Å². The summed E-state index contributed by atoms with van der Waals surface area (Å²) in [6, 6.07) is 5.91. The van der Waals surface area contributed by atoms with Gasteiger partial charge >= 0.3 is 5.91 Å². The second-order valence-electron chi connectivity index (χ2n) is 5.52. The lowest BCUT2D eigenvalue weighted by atomic mass is 10.0. The number of benzene rings is 1. The molecule has 5 heteroatoms. The fraction of sp³-hybridized carbons (Fsp3) is 0.467. The van der Waals surface area contributed by atoms with Gasteiger partial charge in [0.1, 0.15) is 0 Å². The molecule has 106 valence electrons. The molecule has 0 N–H and O–H groups in total. The molecule has 3 rings (SSSR count). The second-order valence-corrected chi connectivity index (χ2v) is 6.44. The Bertz CT molecular complexity index is 573. The van der Waals surface area contributed by atoms with E-state index in [9.17, 15) is 9.59 Å². The van der Waals surface area contributed by atoms with Crippen LogP contribution in [0.1, 0.15) is 36.5 Å². The quantitative estimate of drug-likeness (QED) is 0.779. The highest BCUT2D eigenvalue weighted by molar-refractivity contribution is 9.10. The van der Waals surface area contributed by atoms with E-state index in [0.29, 0.717) is 18.3 Å². The molecule has 2 aliphatic rings. The second kappa shape index (κ2) is 5.30. The van der Waals surface area contributed by atoms with Crippen molar-refractivity contribution in [1.82, 2.24) is 4.90 Å². The van der Waals surface area contributed by atoms with Crippen molar-refractivity contribution in [2.24, 2.45) is 0 Å². The van der Waals surface area contributed by atoms with Crippen LogP contribution < -0.4 is 4.90 Å². The molecule has 1 aromatic carbocycles. The largest absolute Gasteiger partial charge is 0.300 e. The van der Waals surface area contributed by atoms with E-state index in [1.807, 2.05) is 12.1 Å². The van der Waals surface area contributed by atoms with E-state index in [0.717, 1.165) is 29.5 Å². The molecule has 1 atom stereocenters. The smallest absolute Gasteiger partial charge is 0.291 e. The summed E-state index contributed by atoms with van der Waals surface area (Å²) in [5, 5.41) is 0. The zero-order valence-corrected chi connectivity index (χ0v) is 13.0. The van der Waals surface area contributed by atoms with Crippen LogP contribution in [-0.4, -0.2) is 35.8 Å². The highest BCUT2D eigenvalue weighted by Crippen LogP contribution is 2.32. The van der Waals surface area contributed by atoms with E-state index >= 15 is 0 Å². The number of anilines is 1. The standard InChI is InChI=1S/C15H17BrN2O2/c1-10-4-2-3-7-17(10)9-18-13-6-5-11(16)8-12(13)14(19)15(18)20/h5-6,8,10H,2-4,7,9H2,1H3. The molecular weight excluding hydrogens is 320 g/mol. The van der Waals surface area contributed by atoms with Crippen molar-refractivity contribution in [2.45, 2.75) is 32.2 Å². The summed E-state index contributed by atoms with van der Waals surface area (Å²) >= 11 is 3.35. The Morgan fingerprint density at radius 3 is 2.85 bits per heavy atom. The minimum absolute atomic E-state index is 0.397. The molecule has 4 nitrogen and oxygen atoms in total. The highest BCUT2D eigenvalue weighted by atomic mass is 79.9. The molecule has 0 aromatic heterocycles. The number of amides is 1. The van der Waals surface area contributed by atoms with Gasteiger partial charge in [-0.1, -0.05) is 22.4 Å². The predicted octanol–water partition coefficient (Wildman–Crippen LogP) is 2.81. The number of Topliss-reactive ketones (excluding diaryl/α,β-unsaturated/α-hetero) is 1. The number of carbonyl (C=O) groups excluding carboxylic acids is 2. The summed E-state index contributed by atoms with van der Waals surface area (Å²) in [5.41, 5.74) is 1.25. The maximum atomic E-state index is 12.2. The SMILES string of the molecule is CC1CCCCN1CN1C(=O)C(=O)c2cc(Br)ccc21. The van der Waals surface area contributed by atoms with Crippen LogP contribution in [0.4, 0.5) is 5.69 Å². The van der Waals surface area contributed by atoms with Crippen molar-refractivity contribution >= 4 is 33.3 Å². The van der Waals surface area contributed by atoms with Crippen LogP contribution >= 0.6 is 15.9 Å². The maximum absolute atomic E-state index is 12.2. The molecule has 0 bridgehead atoms. The molecule has 1 unspecified atom stereocenters. The van der Waals surface area contributed by atoms with Crippen LogP contribution in [-0.2, 0) is 4.79 Å². The Balaban J connectivity index is 1.87. The summed E-state index contributed by atoms with van der Waals surface area (Å²) in [5.74, 6) is -0.804. The van der Waals surface area contributed by atoms with Crippen molar-refractivity contribution in [1.29, 1.82) is 0 Å². The van der Waals surface area contributed by atoms with Gasteiger partial charge in [0.2, 0.25) is 0 Å². The zero-order valence-electron chi connectivity index (χ0n) is 11.4. The number of piperidine rings is 1. The van der Waals surface area contributed by atoms with Gasteiger partial charge in [0.25, 0.3) is 5.78 Å². The number of hydrogen-bond donors (Lipinski definition) is 0. The lowest BCUT2D eigenvalue weighted by Gasteiger charge is -2.36. The van der Waals surface area contributed by atoms with E-state index in [-0.39, 0.29) is 0 Å². The lowest BCUT2D eigenvalue weighted by Crippen LogP contribution is -2.46. The van der Waals surface area contributed by atoms with Crippen LogP contribution in [0, 0.1) is 0 Å². The van der Waals surface area contributed by atoms with Gasteiger partial charge in [-0.25, -0.2) is 0 Å². The molecule has 1 amide bonds. The van der Waals surface area contributed by atoms with Gasteiger partial charge in [-0.2, -0.15) is 0 Å². The first-order chi connectivity index (χ1) is 9.58. The Labute approximate surface area is 126 Å². The predicted molar refractivity (Wildman–Crippen MR) is 80.8 cm³/mol. The molecule has 20 heavy (non-hydrogen) atoms.